The van der Waals surface area contributed by atoms with Crippen molar-refractivity contribution in [3.63, 3.8) is 0 Å². The molecule has 0 saturated heterocycles. The van der Waals surface area contributed by atoms with E-state index in [1.54, 1.807) is 12.1 Å². The highest BCUT2D eigenvalue weighted by Crippen LogP contribution is 2.13. The van der Waals surface area contributed by atoms with Crippen molar-refractivity contribution < 1.29 is 18.7 Å². The molecule has 0 fully saturated rings. The van der Waals surface area contributed by atoms with Crippen LogP contribution in [0.5, 0.6) is 0 Å². The first-order valence-electron chi connectivity index (χ1n) is 5.93. The predicted molar refractivity (Wildman–Crippen MR) is 69.7 cm³/mol. The molecule has 0 aliphatic heterocycles. The number of halogens is 2. The van der Waals surface area contributed by atoms with Crippen molar-refractivity contribution in [3.05, 3.63) is 59.4 Å². The summed E-state index contributed by atoms with van der Waals surface area (Å²) in [4.78, 5) is 14.7. The molecule has 2 N–H and O–H groups in total. The van der Waals surface area contributed by atoms with Gasteiger partial charge in [0, 0.05) is 18.8 Å². The van der Waals surface area contributed by atoms with Crippen molar-refractivity contribution in [1.82, 2.24) is 4.98 Å². The number of carboxylic acids is 1. The first kappa shape index (κ1) is 13.9. The van der Waals surface area contributed by atoms with E-state index >= 15 is 0 Å². The monoisotopic (exact) mass is 278 g/mol. The Balaban J connectivity index is 2.01. The SMILES string of the molecule is O=C(O)c1ncccc1NCCc1cc(F)cc(F)c1. The molecule has 6 heteroatoms. The summed E-state index contributed by atoms with van der Waals surface area (Å²) >= 11 is 0. The zero-order chi connectivity index (χ0) is 14.5. The number of aromatic carboxylic acids is 1. The fourth-order valence-electron chi connectivity index (χ4n) is 1.82. The highest BCUT2D eigenvalue weighted by atomic mass is 19.1. The normalized spacial score (nSPS) is 10.3. The Labute approximate surface area is 114 Å². The number of carboxylic acid groups (broad SMARTS) is 1. The molecule has 0 amide bonds. The lowest BCUT2D eigenvalue weighted by molar-refractivity contribution is 0.0691. The Hall–Kier alpha value is -2.50. The number of nitrogens with one attached hydrogen (secondary N) is 1. The van der Waals surface area contributed by atoms with Crippen molar-refractivity contribution in [2.24, 2.45) is 0 Å². The van der Waals surface area contributed by atoms with Crippen molar-refractivity contribution in [3.8, 4) is 0 Å². The zero-order valence-corrected chi connectivity index (χ0v) is 10.4. The quantitative estimate of drug-likeness (QED) is 0.882. The summed E-state index contributed by atoms with van der Waals surface area (Å²) in [6.07, 6.45) is 1.75. The van der Waals surface area contributed by atoms with Gasteiger partial charge in [-0.15, -0.1) is 0 Å². The van der Waals surface area contributed by atoms with E-state index in [9.17, 15) is 13.6 Å². The van der Waals surface area contributed by atoms with Crippen LogP contribution in [0.2, 0.25) is 0 Å². The van der Waals surface area contributed by atoms with Gasteiger partial charge in [0.1, 0.15) is 11.6 Å². The smallest absolute Gasteiger partial charge is 0.356 e. The molecule has 1 heterocycles. The van der Waals surface area contributed by atoms with E-state index < -0.39 is 17.6 Å². The van der Waals surface area contributed by atoms with Gasteiger partial charge >= 0.3 is 5.97 Å². The van der Waals surface area contributed by atoms with E-state index in [1.165, 1.54) is 18.3 Å². The van der Waals surface area contributed by atoms with Crippen LogP contribution in [0.15, 0.2) is 36.5 Å². The van der Waals surface area contributed by atoms with Crippen LogP contribution >= 0.6 is 0 Å². The summed E-state index contributed by atoms with van der Waals surface area (Å²) in [5.41, 5.74) is 0.783. The van der Waals surface area contributed by atoms with Gasteiger partial charge in [0.15, 0.2) is 5.69 Å². The predicted octanol–water partition coefficient (Wildman–Crippen LogP) is 2.71. The number of benzene rings is 1. The summed E-state index contributed by atoms with van der Waals surface area (Å²) in [7, 11) is 0. The fraction of sp³-hybridized carbons (Fsp3) is 0.143. The van der Waals surface area contributed by atoms with Crippen LogP contribution in [0.1, 0.15) is 16.1 Å². The van der Waals surface area contributed by atoms with E-state index in [0.717, 1.165) is 6.07 Å². The molecule has 0 aliphatic rings. The second-order valence-corrected chi connectivity index (χ2v) is 4.16. The first-order chi connectivity index (χ1) is 9.56. The molecule has 0 radical (unpaired) electrons. The number of nitrogens with zero attached hydrogens (tertiary/aromatic N) is 1. The minimum absolute atomic E-state index is 0.0853. The zero-order valence-electron chi connectivity index (χ0n) is 10.4. The molecule has 20 heavy (non-hydrogen) atoms. The van der Waals surface area contributed by atoms with E-state index in [2.05, 4.69) is 10.3 Å². The van der Waals surface area contributed by atoms with Gasteiger partial charge in [-0.2, -0.15) is 0 Å². The number of anilines is 1. The molecule has 0 atom stereocenters. The largest absolute Gasteiger partial charge is 0.476 e. The Morgan fingerprint density at radius 3 is 2.60 bits per heavy atom. The van der Waals surface area contributed by atoms with Gasteiger partial charge in [0.25, 0.3) is 0 Å². The van der Waals surface area contributed by atoms with Crippen molar-refractivity contribution in [1.29, 1.82) is 0 Å². The molecule has 104 valence electrons. The summed E-state index contributed by atoms with van der Waals surface area (Å²) in [6, 6.07) is 6.48. The van der Waals surface area contributed by atoms with Crippen LogP contribution in [0.4, 0.5) is 14.5 Å². The van der Waals surface area contributed by atoms with Crippen molar-refractivity contribution in [2.45, 2.75) is 6.42 Å². The highest BCUT2D eigenvalue weighted by Gasteiger charge is 2.10. The number of pyridine rings is 1. The van der Waals surface area contributed by atoms with Crippen LogP contribution in [0, 0.1) is 11.6 Å². The van der Waals surface area contributed by atoms with Crippen LogP contribution in [-0.2, 0) is 6.42 Å². The fourth-order valence-corrected chi connectivity index (χ4v) is 1.82. The Morgan fingerprint density at radius 2 is 1.95 bits per heavy atom. The molecule has 2 aromatic rings. The molecule has 1 aromatic carbocycles. The third-order valence-corrected chi connectivity index (χ3v) is 2.66. The second-order valence-electron chi connectivity index (χ2n) is 4.16. The van der Waals surface area contributed by atoms with Crippen LogP contribution in [-0.4, -0.2) is 22.6 Å². The number of aromatic nitrogens is 1. The summed E-state index contributed by atoms with van der Waals surface area (Å²) in [6.45, 7) is 0.342. The van der Waals surface area contributed by atoms with Gasteiger partial charge in [-0.3, -0.25) is 0 Å². The second kappa shape index (κ2) is 6.10. The van der Waals surface area contributed by atoms with Gasteiger partial charge < -0.3 is 10.4 Å². The summed E-state index contributed by atoms with van der Waals surface area (Å²) in [5.74, 6) is -2.40. The van der Waals surface area contributed by atoms with Gasteiger partial charge in [0.05, 0.1) is 5.69 Å². The lowest BCUT2D eigenvalue weighted by Crippen LogP contribution is -2.11. The van der Waals surface area contributed by atoms with Gasteiger partial charge in [-0.1, -0.05) is 0 Å². The molecule has 0 unspecified atom stereocenters. The Kier molecular flexibility index (Phi) is 4.24. The van der Waals surface area contributed by atoms with E-state index in [1.807, 2.05) is 0 Å². The topological polar surface area (TPSA) is 62.2 Å². The van der Waals surface area contributed by atoms with Crippen LogP contribution in [0.3, 0.4) is 0 Å². The molecule has 4 nitrogen and oxygen atoms in total. The van der Waals surface area contributed by atoms with Gasteiger partial charge in [-0.05, 0) is 36.2 Å². The summed E-state index contributed by atoms with van der Waals surface area (Å²) in [5, 5.41) is 11.8. The summed E-state index contributed by atoms with van der Waals surface area (Å²) < 4.78 is 26.0. The van der Waals surface area contributed by atoms with Crippen molar-refractivity contribution in [2.75, 3.05) is 11.9 Å². The minimum Gasteiger partial charge on any atom is -0.476 e. The Morgan fingerprint density at radius 1 is 1.25 bits per heavy atom. The number of rotatable bonds is 5. The van der Waals surface area contributed by atoms with E-state index in [-0.39, 0.29) is 5.69 Å². The molecule has 0 spiro atoms. The third kappa shape index (κ3) is 3.50. The average Bonchev–Trinajstić information content (AvgIpc) is 2.38. The maximum absolute atomic E-state index is 13.0. The molecular weight excluding hydrogens is 266 g/mol. The van der Waals surface area contributed by atoms with Crippen molar-refractivity contribution >= 4 is 11.7 Å². The molecule has 0 aliphatic carbocycles. The molecule has 1 aromatic heterocycles. The van der Waals surface area contributed by atoms with Crippen LogP contribution in [0.25, 0.3) is 0 Å². The van der Waals surface area contributed by atoms with Gasteiger partial charge in [-0.25, -0.2) is 18.6 Å². The standard InChI is InChI=1S/C14H12F2N2O2/c15-10-6-9(7-11(16)8-10)3-5-17-12-2-1-4-18-13(12)14(19)20/h1-2,4,6-8,17H,3,5H2,(H,19,20). The lowest BCUT2D eigenvalue weighted by atomic mass is 10.1. The maximum atomic E-state index is 13.0. The number of carbonyl (C=O) groups is 1. The molecule has 0 bridgehead atoms. The first-order valence-corrected chi connectivity index (χ1v) is 5.93. The third-order valence-electron chi connectivity index (χ3n) is 2.66. The minimum atomic E-state index is -1.13. The van der Waals surface area contributed by atoms with Crippen LogP contribution < -0.4 is 5.32 Å². The van der Waals surface area contributed by atoms with E-state index in [4.69, 9.17) is 5.11 Å². The number of hydrogen-bond donors (Lipinski definition) is 2. The molecular formula is C14H12F2N2O2. The maximum Gasteiger partial charge on any atom is 0.356 e. The number of hydrogen-bond acceptors (Lipinski definition) is 3. The lowest BCUT2D eigenvalue weighted by Gasteiger charge is -2.08. The molecule has 0 saturated carbocycles. The van der Waals surface area contributed by atoms with E-state index in [0.29, 0.717) is 24.2 Å². The Bertz CT molecular complexity index is 612. The highest BCUT2D eigenvalue weighted by molar-refractivity contribution is 5.91. The average molecular weight is 278 g/mol. The molecule has 2 rings (SSSR count). The van der Waals surface area contributed by atoms with Gasteiger partial charge in [0.2, 0.25) is 0 Å².